The van der Waals surface area contributed by atoms with Gasteiger partial charge in [-0.05, 0) is 61.2 Å². The molecule has 0 spiro atoms. The first-order valence-corrected chi connectivity index (χ1v) is 11.3. The number of aryl methyl sites for hydroxylation is 1. The molecule has 1 fully saturated rings. The van der Waals surface area contributed by atoms with Gasteiger partial charge in [0.25, 0.3) is 5.91 Å². The summed E-state index contributed by atoms with van der Waals surface area (Å²) in [5, 5.41) is 3.88. The van der Waals surface area contributed by atoms with Crippen LogP contribution in [0.5, 0.6) is 5.75 Å². The molecule has 0 saturated heterocycles. The highest BCUT2D eigenvalue weighted by molar-refractivity contribution is 6.12. The number of nitrogens with zero attached hydrogens (tertiary/aromatic N) is 4. The molecule has 0 unspecified atom stereocenters. The molecule has 170 valence electrons. The second-order valence-corrected chi connectivity index (χ2v) is 8.66. The molecule has 1 aliphatic carbocycles. The number of carbonyl (C=O) groups excluding carboxylic acids is 1. The predicted molar refractivity (Wildman–Crippen MR) is 127 cm³/mol. The van der Waals surface area contributed by atoms with Crippen LogP contribution in [-0.4, -0.2) is 33.5 Å². The first-order chi connectivity index (χ1) is 16.6. The first kappa shape index (κ1) is 20.5. The lowest BCUT2D eigenvalue weighted by Crippen LogP contribution is -2.23. The highest BCUT2D eigenvalue weighted by Crippen LogP contribution is 2.44. The van der Waals surface area contributed by atoms with Crippen LogP contribution in [0.4, 0.5) is 21.7 Å². The number of ether oxygens (including phenoxy) is 1. The van der Waals surface area contributed by atoms with Gasteiger partial charge in [0.1, 0.15) is 11.6 Å². The van der Waals surface area contributed by atoms with E-state index in [0.717, 1.165) is 35.1 Å². The lowest BCUT2D eigenvalue weighted by molar-refractivity contribution is 0.102. The summed E-state index contributed by atoms with van der Waals surface area (Å²) in [7, 11) is 0. The Balaban J connectivity index is 1.28. The summed E-state index contributed by atoms with van der Waals surface area (Å²) < 4.78 is 20.2. The molecule has 7 nitrogen and oxygen atoms in total. The number of aromatic nitrogens is 3. The van der Waals surface area contributed by atoms with Crippen molar-refractivity contribution in [2.45, 2.75) is 32.2 Å². The molecule has 1 N–H and O–H groups in total. The molecule has 34 heavy (non-hydrogen) atoms. The minimum atomic E-state index is -0.572. The third kappa shape index (κ3) is 3.61. The molecule has 2 aliphatic rings. The number of nitrogens with one attached hydrogen (secondary N) is 1. The summed E-state index contributed by atoms with van der Waals surface area (Å²) in [6.07, 6.45) is 5.96. The van der Waals surface area contributed by atoms with Crippen molar-refractivity contribution >= 4 is 34.1 Å². The number of hydrogen-bond donors (Lipinski definition) is 1. The molecule has 0 radical (unpaired) electrons. The Hall–Kier alpha value is -4.07. The molecule has 4 heterocycles. The fourth-order valence-corrected chi connectivity index (χ4v) is 4.38. The van der Waals surface area contributed by atoms with Crippen LogP contribution in [0.3, 0.4) is 0 Å². The molecule has 8 heteroatoms. The average molecular weight is 455 g/mol. The SMILES string of the molecule is Cc1cc(F)nc2c1NC(=O)c1cc(CCOc3ccnc4ccccc34)cnc1N2C1CC1. The van der Waals surface area contributed by atoms with Gasteiger partial charge in [0.15, 0.2) is 5.82 Å². The fraction of sp³-hybridized carbons (Fsp3) is 0.231. The number of amides is 1. The number of pyridine rings is 3. The Morgan fingerprint density at radius 3 is 2.85 bits per heavy atom. The van der Waals surface area contributed by atoms with E-state index in [9.17, 15) is 9.18 Å². The molecule has 0 bridgehead atoms. The van der Waals surface area contributed by atoms with Gasteiger partial charge in [-0.15, -0.1) is 0 Å². The number of rotatable bonds is 5. The number of fused-ring (bicyclic) bond motifs is 3. The molecular formula is C26H22FN5O2. The van der Waals surface area contributed by atoms with Crippen LogP contribution >= 0.6 is 0 Å². The summed E-state index contributed by atoms with van der Waals surface area (Å²) in [5.41, 5.74) is 3.38. The number of halogens is 1. The van der Waals surface area contributed by atoms with Crippen molar-refractivity contribution < 1.29 is 13.9 Å². The number of benzene rings is 1. The van der Waals surface area contributed by atoms with Crippen molar-refractivity contribution in [1.29, 1.82) is 0 Å². The van der Waals surface area contributed by atoms with E-state index in [2.05, 4.69) is 20.3 Å². The smallest absolute Gasteiger partial charge is 0.259 e. The van der Waals surface area contributed by atoms with Gasteiger partial charge >= 0.3 is 0 Å². The van der Waals surface area contributed by atoms with Crippen molar-refractivity contribution in [2.75, 3.05) is 16.8 Å². The normalized spacial score (nSPS) is 14.9. The van der Waals surface area contributed by atoms with Crippen LogP contribution in [0, 0.1) is 12.9 Å². The quantitative estimate of drug-likeness (QED) is 0.429. The van der Waals surface area contributed by atoms with E-state index >= 15 is 0 Å². The van der Waals surface area contributed by atoms with Gasteiger partial charge in [-0.25, -0.2) is 4.98 Å². The zero-order valence-electron chi connectivity index (χ0n) is 18.6. The Morgan fingerprint density at radius 2 is 2.00 bits per heavy atom. The zero-order chi connectivity index (χ0) is 23.2. The van der Waals surface area contributed by atoms with Crippen molar-refractivity contribution in [1.82, 2.24) is 15.0 Å². The van der Waals surface area contributed by atoms with E-state index in [-0.39, 0.29) is 11.9 Å². The monoisotopic (exact) mass is 455 g/mol. The van der Waals surface area contributed by atoms with Gasteiger partial charge in [0.05, 0.1) is 23.4 Å². The Kier molecular flexibility index (Phi) is 4.86. The third-order valence-electron chi connectivity index (χ3n) is 6.20. The van der Waals surface area contributed by atoms with E-state index in [1.807, 2.05) is 41.3 Å². The predicted octanol–water partition coefficient (Wildman–Crippen LogP) is 4.96. The highest BCUT2D eigenvalue weighted by atomic mass is 19.1. The van der Waals surface area contributed by atoms with Crippen molar-refractivity contribution in [3.8, 4) is 5.75 Å². The molecule has 1 aliphatic heterocycles. The van der Waals surface area contributed by atoms with E-state index < -0.39 is 5.95 Å². The molecule has 1 aromatic carbocycles. The van der Waals surface area contributed by atoms with Crippen LogP contribution in [0.2, 0.25) is 0 Å². The Labute approximate surface area is 195 Å². The lowest BCUT2D eigenvalue weighted by atomic mass is 10.1. The molecule has 6 rings (SSSR count). The number of para-hydroxylation sites is 1. The van der Waals surface area contributed by atoms with Crippen LogP contribution in [0.25, 0.3) is 10.9 Å². The third-order valence-corrected chi connectivity index (χ3v) is 6.20. The van der Waals surface area contributed by atoms with Crippen LogP contribution in [0.15, 0.2) is 54.9 Å². The Bertz CT molecular complexity index is 1430. The van der Waals surface area contributed by atoms with Crippen molar-refractivity contribution in [2.24, 2.45) is 0 Å². The lowest BCUT2D eigenvalue weighted by Gasteiger charge is -2.24. The Morgan fingerprint density at radius 1 is 1.15 bits per heavy atom. The summed E-state index contributed by atoms with van der Waals surface area (Å²) in [4.78, 5) is 28.2. The van der Waals surface area contributed by atoms with Gasteiger partial charge in [-0.1, -0.05) is 12.1 Å². The van der Waals surface area contributed by atoms with Crippen LogP contribution in [0.1, 0.15) is 34.3 Å². The maximum Gasteiger partial charge on any atom is 0.259 e. The number of carbonyl (C=O) groups is 1. The van der Waals surface area contributed by atoms with E-state index in [1.165, 1.54) is 6.07 Å². The summed E-state index contributed by atoms with van der Waals surface area (Å²) in [5.74, 6) is 0.856. The van der Waals surface area contributed by atoms with Crippen molar-refractivity contribution in [3.63, 3.8) is 0 Å². The van der Waals surface area contributed by atoms with Crippen molar-refractivity contribution in [3.05, 3.63) is 77.5 Å². The van der Waals surface area contributed by atoms with Gasteiger partial charge in [0.2, 0.25) is 5.95 Å². The van der Waals surface area contributed by atoms with E-state index in [0.29, 0.717) is 41.5 Å². The topological polar surface area (TPSA) is 80.2 Å². The fourth-order valence-electron chi connectivity index (χ4n) is 4.38. The maximum atomic E-state index is 14.2. The minimum Gasteiger partial charge on any atom is -0.492 e. The summed E-state index contributed by atoms with van der Waals surface area (Å²) in [6, 6.07) is 13.0. The first-order valence-electron chi connectivity index (χ1n) is 11.3. The molecule has 1 saturated carbocycles. The molecule has 4 aromatic rings. The van der Waals surface area contributed by atoms with Gasteiger partial charge in [0, 0.05) is 30.2 Å². The van der Waals surface area contributed by atoms with Crippen LogP contribution in [-0.2, 0) is 6.42 Å². The average Bonchev–Trinajstić information content (AvgIpc) is 3.67. The largest absolute Gasteiger partial charge is 0.492 e. The van der Waals surface area contributed by atoms with E-state index in [1.54, 1.807) is 19.3 Å². The molecule has 0 atom stereocenters. The minimum absolute atomic E-state index is 0.153. The highest BCUT2D eigenvalue weighted by Gasteiger charge is 2.38. The molecule has 1 amide bonds. The number of anilines is 3. The van der Waals surface area contributed by atoms with Gasteiger partial charge in [-0.2, -0.15) is 9.37 Å². The van der Waals surface area contributed by atoms with Crippen LogP contribution < -0.4 is 15.0 Å². The number of hydrogen-bond acceptors (Lipinski definition) is 6. The van der Waals surface area contributed by atoms with Gasteiger partial charge in [-0.3, -0.25) is 9.78 Å². The molecule has 3 aromatic heterocycles. The van der Waals surface area contributed by atoms with Gasteiger partial charge < -0.3 is 15.0 Å². The standard InChI is InChI=1S/C26H22FN5O2/c1-15-12-22(27)30-25-23(15)31-26(33)19-13-16(14-29-24(19)32(25)17-6-7-17)9-11-34-21-8-10-28-20-5-3-2-4-18(20)21/h2-5,8,10,12-14,17H,6-7,9,11H2,1H3,(H,31,33). The zero-order valence-corrected chi connectivity index (χ0v) is 18.6. The molecular weight excluding hydrogens is 433 g/mol. The summed E-state index contributed by atoms with van der Waals surface area (Å²) in [6.45, 7) is 2.19. The second kappa shape index (κ2) is 8.06. The maximum absolute atomic E-state index is 14.2. The summed E-state index contributed by atoms with van der Waals surface area (Å²) >= 11 is 0. The second-order valence-electron chi connectivity index (χ2n) is 8.66. The van der Waals surface area contributed by atoms with E-state index in [4.69, 9.17) is 4.74 Å².